The van der Waals surface area contributed by atoms with Crippen LogP contribution in [0.25, 0.3) is 22.6 Å². The van der Waals surface area contributed by atoms with Gasteiger partial charge in [0.2, 0.25) is 0 Å². The third kappa shape index (κ3) is 1.91. The zero-order valence-electron chi connectivity index (χ0n) is 11.2. The molecular formula is C14H16N6. The van der Waals surface area contributed by atoms with Crippen LogP contribution in [0, 0.1) is 0 Å². The Morgan fingerprint density at radius 1 is 1.15 bits per heavy atom. The van der Waals surface area contributed by atoms with Gasteiger partial charge in [-0.3, -0.25) is 4.68 Å². The van der Waals surface area contributed by atoms with Crippen molar-refractivity contribution in [2.24, 2.45) is 0 Å². The Labute approximate surface area is 116 Å². The third-order valence-corrected chi connectivity index (χ3v) is 3.21. The van der Waals surface area contributed by atoms with Crippen molar-refractivity contribution in [3.8, 4) is 22.6 Å². The van der Waals surface area contributed by atoms with Gasteiger partial charge in [0.25, 0.3) is 0 Å². The summed E-state index contributed by atoms with van der Waals surface area (Å²) in [6, 6.07) is 9.72. The van der Waals surface area contributed by atoms with E-state index in [-0.39, 0.29) is 0 Å². The fraction of sp³-hybridized carbons (Fsp3) is 0.143. The second-order valence-electron chi connectivity index (χ2n) is 4.49. The maximum Gasteiger partial charge on any atom is 0.160 e. The molecule has 20 heavy (non-hydrogen) atoms. The number of nitrogens with two attached hydrogens (primary N) is 2. The molecule has 0 atom stereocenters. The van der Waals surface area contributed by atoms with Gasteiger partial charge in [0.1, 0.15) is 5.69 Å². The lowest BCUT2D eigenvalue weighted by Gasteiger charge is -2.01. The normalized spacial score (nSPS) is 10.8. The third-order valence-electron chi connectivity index (χ3n) is 3.21. The van der Waals surface area contributed by atoms with Crippen molar-refractivity contribution in [2.75, 3.05) is 11.6 Å². The lowest BCUT2D eigenvalue weighted by atomic mass is 10.2. The van der Waals surface area contributed by atoms with Gasteiger partial charge < -0.3 is 11.6 Å². The highest BCUT2D eigenvalue weighted by Crippen LogP contribution is 2.28. The minimum atomic E-state index is 0.430. The molecule has 0 amide bonds. The average Bonchev–Trinajstić information content (AvgIpc) is 3.06. The number of aryl methyl sites for hydroxylation is 1. The van der Waals surface area contributed by atoms with E-state index in [1.54, 1.807) is 6.20 Å². The van der Waals surface area contributed by atoms with Crippen molar-refractivity contribution in [3.05, 3.63) is 42.7 Å². The van der Waals surface area contributed by atoms with E-state index in [0.717, 1.165) is 17.7 Å². The molecular weight excluding hydrogens is 252 g/mol. The molecule has 0 aliphatic heterocycles. The summed E-state index contributed by atoms with van der Waals surface area (Å²) in [7, 11) is 0. The molecule has 0 aliphatic rings. The second-order valence-corrected chi connectivity index (χ2v) is 4.49. The van der Waals surface area contributed by atoms with Crippen LogP contribution in [-0.4, -0.2) is 19.4 Å². The molecule has 4 N–H and O–H groups in total. The van der Waals surface area contributed by atoms with E-state index < -0.39 is 0 Å². The quantitative estimate of drug-likeness (QED) is 0.708. The molecule has 3 rings (SSSR count). The fourth-order valence-electron chi connectivity index (χ4n) is 2.11. The average molecular weight is 268 g/mol. The van der Waals surface area contributed by atoms with Crippen LogP contribution in [0.3, 0.4) is 0 Å². The van der Waals surface area contributed by atoms with Crippen LogP contribution in [0.15, 0.2) is 42.7 Å². The van der Waals surface area contributed by atoms with Gasteiger partial charge in [0.15, 0.2) is 11.6 Å². The van der Waals surface area contributed by atoms with Gasteiger partial charge in [-0.05, 0) is 6.92 Å². The van der Waals surface area contributed by atoms with Crippen LogP contribution in [0.1, 0.15) is 6.92 Å². The van der Waals surface area contributed by atoms with Crippen molar-refractivity contribution in [3.63, 3.8) is 0 Å². The Balaban J connectivity index is 2.10. The SMILES string of the molecule is CCn1cc(-c2nc(-c3ccccc3)n(N)c2N)cn1. The number of imidazole rings is 1. The Morgan fingerprint density at radius 2 is 1.90 bits per heavy atom. The zero-order valence-corrected chi connectivity index (χ0v) is 11.2. The molecule has 0 radical (unpaired) electrons. The number of nitrogen functional groups attached to an aromatic ring is 2. The van der Waals surface area contributed by atoms with Gasteiger partial charge in [-0.1, -0.05) is 30.3 Å². The first-order chi connectivity index (χ1) is 9.70. The van der Waals surface area contributed by atoms with Crippen LogP contribution in [0.2, 0.25) is 0 Å². The van der Waals surface area contributed by atoms with Crippen LogP contribution >= 0.6 is 0 Å². The fourth-order valence-corrected chi connectivity index (χ4v) is 2.11. The monoisotopic (exact) mass is 268 g/mol. The standard InChI is InChI=1S/C14H16N6/c1-2-19-9-11(8-17-19)12-13(15)20(16)14(18-12)10-6-4-3-5-7-10/h3-9H,2,15-16H2,1H3. The molecule has 0 saturated carbocycles. The molecule has 102 valence electrons. The van der Waals surface area contributed by atoms with Gasteiger partial charge in [-0.25, -0.2) is 9.66 Å². The molecule has 0 bridgehead atoms. The van der Waals surface area contributed by atoms with E-state index in [2.05, 4.69) is 10.1 Å². The van der Waals surface area contributed by atoms with Gasteiger partial charge in [-0.15, -0.1) is 0 Å². The van der Waals surface area contributed by atoms with E-state index in [1.165, 1.54) is 4.68 Å². The summed E-state index contributed by atoms with van der Waals surface area (Å²) >= 11 is 0. The molecule has 0 fully saturated rings. The predicted octanol–water partition coefficient (Wildman–Crippen LogP) is 1.73. The van der Waals surface area contributed by atoms with Crippen LogP contribution in [-0.2, 0) is 6.54 Å². The Hall–Kier alpha value is -2.76. The summed E-state index contributed by atoms with van der Waals surface area (Å²) < 4.78 is 3.24. The summed E-state index contributed by atoms with van der Waals surface area (Å²) in [5.41, 5.74) is 8.51. The first-order valence-electron chi connectivity index (χ1n) is 6.42. The van der Waals surface area contributed by atoms with Crippen LogP contribution in [0.5, 0.6) is 0 Å². The van der Waals surface area contributed by atoms with Gasteiger partial charge >= 0.3 is 0 Å². The number of hydrogen-bond donors (Lipinski definition) is 2. The second kappa shape index (κ2) is 4.73. The highest BCUT2D eigenvalue weighted by Gasteiger charge is 2.16. The highest BCUT2D eigenvalue weighted by molar-refractivity contribution is 5.74. The molecule has 3 aromatic rings. The first kappa shape index (κ1) is 12.3. The lowest BCUT2D eigenvalue weighted by Crippen LogP contribution is -2.13. The predicted molar refractivity (Wildman–Crippen MR) is 79.1 cm³/mol. The number of rotatable bonds is 3. The van der Waals surface area contributed by atoms with E-state index in [4.69, 9.17) is 11.6 Å². The molecule has 2 heterocycles. The number of hydrogen-bond acceptors (Lipinski definition) is 4. The number of nitrogens with zero attached hydrogens (tertiary/aromatic N) is 4. The molecule has 2 aromatic heterocycles. The Kier molecular flexibility index (Phi) is 2.90. The van der Waals surface area contributed by atoms with Crippen molar-refractivity contribution in [1.29, 1.82) is 0 Å². The van der Waals surface area contributed by atoms with E-state index >= 15 is 0 Å². The maximum atomic E-state index is 6.06. The molecule has 0 unspecified atom stereocenters. The summed E-state index contributed by atoms with van der Waals surface area (Å²) in [5, 5.41) is 4.23. The van der Waals surface area contributed by atoms with Gasteiger partial charge in [-0.2, -0.15) is 5.10 Å². The molecule has 1 aromatic carbocycles. The highest BCUT2D eigenvalue weighted by atomic mass is 15.4. The van der Waals surface area contributed by atoms with Crippen LogP contribution < -0.4 is 11.6 Å². The largest absolute Gasteiger partial charge is 0.382 e. The van der Waals surface area contributed by atoms with Gasteiger partial charge in [0.05, 0.1) is 6.20 Å². The van der Waals surface area contributed by atoms with Gasteiger partial charge in [0, 0.05) is 23.9 Å². The summed E-state index contributed by atoms with van der Waals surface area (Å²) in [6.07, 6.45) is 3.66. The van der Waals surface area contributed by atoms with E-state index in [1.807, 2.05) is 48.1 Å². The molecule has 0 saturated heterocycles. The minimum Gasteiger partial charge on any atom is -0.382 e. The maximum absolute atomic E-state index is 6.06. The Morgan fingerprint density at radius 3 is 2.55 bits per heavy atom. The van der Waals surface area contributed by atoms with Crippen molar-refractivity contribution < 1.29 is 0 Å². The van der Waals surface area contributed by atoms with E-state index in [0.29, 0.717) is 17.3 Å². The molecule has 0 spiro atoms. The topological polar surface area (TPSA) is 87.7 Å². The lowest BCUT2D eigenvalue weighted by molar-refractivity contribution is 0.660. The summed E-state index contributed by atoms with van der Waals surface area (Å²) in [6.45, 7) is 2.83. The smallest absolute Gasteiger partial charge is 0.160 e. The van der Waals surface area contributed by atoms with Crippen LogP contribution in [0.4, 0.5) is 5.82 Å². The van der Waals surface area contributed by atoms with E-state index in [9.17, 15) is 0 Å². The Bertz CT molecular complexity index is 725. The van der Waals surface area contributed by atoms with Crippen molar-refractivity contribution >= 4 is 5.82 Å². The van der Waals surface area contributed by atoms with Crippen molar-refractivity contribution in [1.82, 2.24) is 19.4 Å². The zero-order chi connectivity index (χ0) is 14.1. The molecule has 0 aliphatic carbocycles. The first-order valence-corrected chi connectivity index (χ1v) is 6.42. The number of anilines is 1. The molecule has 6 nitrogen and oxygen atoms in total. The number of benzene rings is 1. The molecule has 6 heteroatoms. The van der Waals surface area contributed by atoms with Crippen molar-refractivity contribution in [2.45, 2.75) is 13.5 Å². The summed E-state index contributed by atoms with van der Waals surface area (Å²) in [4.78, 5) is 4.56. The number of aromatic nitrogens is 4. The summed E-state index contributed by atoms with van der Waals surface area (Å²) in [5.74, 6) is 7.09. The minimum absolute atomic E-state index is 0.430.